The Hall–Kier alpha value is -2.49. The van der Waals surface area contributed by atoms with Gasteiger partial charge in [-0.05, 0) is 48.6 Å². The van der Waals surface area contributed by atoms with E-state index >= 15 is 0 Å². The van der Waals surface area contributed by atoms with Gasteiger partial charge in [0.2, 0.25) is 6.79 Å². The average molecular weight is 295 g/mol. The molecule has 4 heteroatoms. The lowest BCUT2D eigenvalue weighted by molar-refractivity contribution is 0.0933. The summed E-state index contributed by atoms with van der Waals surface area (Å²) in [4.78, 5) is 12.4. The fourth-order valence-electron chi connectivity index (χ4n) is 3.13. The van der Waals surface area contributed by atoms with Gasteiger partial charge in [0, 0.05) is 11.6 Å². The average Bonchev–Trinajstić information content (AvgIpc) is 3.02. The van der Waals surface area contributed by atoms with Crippen LogP contribution in [0.5, 0.6) is 11.5 Å². The third kappa shape index (κ3) is 2.41. The van der Waals surface area contributed by atoms with Crippen LogP contribution in [0.2, 0.25) is 0 Å². The van der Waals surface area contributed by atoms with Gasteiger partial charge in [-0.2, -0.15) is 0 Å². The Bertz CT molecular complexity index is 726. The largest absolute Gasteiger partial charge is 0.454 e. The van der Waals surface area contributed by atoms with Gasteiger partial charge in [0.25, 0.3) is 5.91 Å². The molecule has 1 N–H and O–H groups in total. The maximum absolute atomic E-state index is 12.4. The Morgan fingerprint density at radius 1 is 1.05 bits per heavy atom. The predicted molar refractivity (Wildman–Crippen MR) is 82.3 cm³/mol. The summed E-state index contributed by atoms with van der Waals surface area (Å²) in [6.07, 6.45) is 2.89. The van der Waals surface area contributed by atoms with Gasteiger partial charge in [0.15, 0.2) is 11.5 Å². The minimum Gasteiger partial charge on any atom is -0.454 e. The van der Waals surface area contributed by atoms with E-state index in [0.29, 0.717) is 17.1 Å². The van der Waals surface area contributed by atoms with Crippen molar-refractivity contribution in [3.8, 4) is 11.5 Å². The molecular weight excluding hydrogens is 278 g/mol. The Kier molecular flexibility index (Phi) is 3.22. The highest BCUT2D eigenvalue weighted by Gasteiger charge is 2.22. The molecule has 1 aliphatic carbocycles. The maximum atomic E-state index is 12.4. The highest BCUT2D eigenvalue weighted by molar-refractivity contribution is 5.95. The van der Waals surface area contributed by atoms with Crippen molar-refractivity contribution in [3.63, 3.8) is 0 Å². The summed E-state index contributed by atoms with van der Waals surface area (Å²) < 4.78 is 10.6. The fourth-order valence-corrected chi connectivity index (χ4v) is 3.13. The molecular formula is C18H17NO3. The zero-order chi connectivity index (χ0) is 14.9. The third-order valence-electron chi connectivity index (χ3n) is 4.32. The number of amides is 1. The smallest absolute Gasteiger partial charge is 0.251 e. The summed E-state index contributed by atoms with van der Waals surface area (Å²) in [5.41, 5.74) is 3.35. The predicted octanol–water partition coefficient (Wildman–Crippen LogP) is 2.70. The van der Waals surface area contributed by atoms with Gasteiger partial charge < -0.3 is 14.8 Å². The molecule has 2 aromatic carbocycles. The Balaban J connectivity index is 1.47. The van der Waals surface area contributed by atoms with Crippen LogP contribution in [-0.2, 0) is 12.8 Å². The lowest BCUT2D eigenvalue weighted by Gasteiger charge is -2.25. The summed E-state index contributed by atoms with van der Waals surface area (Å²) in [5.74, 6) is 1.28. The van der Waals surface area contributed by atoms with Gasteiger partial charge in [-0.1, -0.05) is 24.3 Å². The SMILES string of the molecule is O=C(N[C@H]1CCc2ccccc2C1)c1ccc2c(c1)OCO2. The number of rotatable bonds is 2. The summed E-state index contributed by atoms with van der Waals surface area (Å²) in [5, 5.41) is 3.13. The van der Waals surface area contributed by atoms with Crippen LogP contribution in [0.3, 0.4) is 0 Å². The standard InChI is InChI=1S/C18H17NO3/c20-18(14-6-8-16-17(10-14)22-11-21-16)19-15-7-5-12-3-1-2-4-13(12)9-15/h1-4,6,8,10,15H,5,7,9,11H2,(H,19,20)/t15-/m0/s1. The first-order valence-electron chi connectivity index (χ1n) is 7.57. The van der Waals surface area contributed by atoms with E-state index in [2.05, 4.69) is 29.6 Å². The van der Waals surface area contributed by atoms with Crippen molar-refractivity contribution < 1.29 is 14.3 Å². The summed E-state index contributed by atoms with van der Waals surface area (Å²) >= 11 is 0. The monoisotopic (exact) mass is 295 g/mol. The van der Waals surface area contributed by atoms with Crippen LogP contribution in [0.25, 0.3) is 0 Å². The van der Waals surface area contributed by atoms with Crippen molar-refractivity contribution >= 4 is 5.91 Å². The molecule has 22 heavy (non-hydrogen) atoms. The van der Waals surface area contributed by atoms with Crippen LogP contribution in [0, 0.1) is 0 Å². The molecule has 112 valence electrons. The number of carbonyl (C=O) groups excluding carboxylic acids is 1. The van der Waals surface area contributed by atoms with Crippen molar-refractivity contribution in [2.75, 3.05) is 6.79 Å². The van der Waals surface area contributed by atoms with Crippen molar-refractivity contribution in [2.45, 2.75) is 25.3 Å². The molecule has 4 rings (SSSR count). The number of hydrogen-bond donors (Lipinski definition) is 1. The zero-order valence-electron chi connectivity index (χ0n) is 12.2. The Morgan fingerprint density at radius 2 is 1.86 bits per heavy atom. The second-order valence-electron chi connectivity index (χ2n) is 5.75. The molecule has 0 aromatic heterocycles. The van der Waals surface area contributed by atoms with E-state index in [1.807, 2.05) is 0 Å². The first-order chi connectivity index (χ1) is 10.8. The molecule has 0 radical (unpaired) electrons. The third-order valence-corrected chi connectivity index (χ3v) is 4.32. The highest BCUT2D eigenvalue weighted by atomic mass is 16.7. The first-order valence-corrected chi connectivity index (χ1v) is 7.57. The molecule has 1 aliphatic heterocycles. The van der Waals surface area contributed by atoms with Crippen LogP contribution in [0.15, 0.2) is 42.5 Å². The fraction of sp³-hybridized carbons (Fsp3) is 0.278. The number of hydrogen-bond acceptors (Lipinski definition) is 3. The number of fused-ring (bicyclic) bond motifs is 2. The van der Waals surface area contributed by atoms with Gasteiger partial charge in [-0.3, -0.25) is 4.79 Å². The topological polar surface area (TPSA) is 47.6 Å². The molecule has 0 unspecified atom stereocenters. The van der Waals surface area contributed by atoms with E-state index in [0.717, 1.165) is 19.3 Å². The number of ether oxygens (including phenoxy) is 2. The molecule has 0 saturated heterocycles. The Morgan fingerprint density at radius 3 is 2.77 bits per heavy atom. The van der Waals surface area contributed by atoms with E-state index in [-0.39, 0.29) is 18.7 Å². The second kappa shape index (κ2) is 5.37. The first kappa shape index (κ1) is 13.2. The van der Waals surface area contributed by atoms with Crippen molar-refractivity contribution in [2.24, 2.45) is 0 Å². The van der Waals surface area contributed by atoms with Crippen molar-refractivity contribution in [3.05, 3.63) is 59.2 Å². The van der Waals surface area contributed by atoms with E-state index in [1.54, 1.807) is 18.2 Å². The molecule has 0 bridgehead atoms. The van der Waals surface area contributed by atoms with Crippen LogP contribution >= 0.6 is 0 Å². The Labute approximate surface area is 129 Å². The number of aryl methyl sites for hydroxylation is 1. The summed E-state index contributed by atoms with van der Waals surface area (Å²) in [6.45, 7) is 0.222. The number of carbonyl (C=O) groups is 1. The molecule has 1 amide bonds. The normalized spacial score (nSPS) is 18.6. The number of nitrogens with one attached hydrogen (secondary N) is 1. The molecule has 2 aromatic rings. The van der Waals surface area contributed by atoms with Gasteiger partial charge in [-0.25, -0.2) is 0 Å². The van der Waals surface area contributed by atoms with Gasteiger partial charge in [0.1, 0.15) is 0 Å². The van der Waals surface area contributed by atoms with Crippen LogP contribution < -0.4 is 14.8 Å². The van der Waals surface area contributed by atoms with Gasteiger partial charge in [-0.15, -0.1) is 0 Å². The quantitative estimate of drug-likeness (QED) is 0.926. The van der Waals surface area contributed by atoms with Gasteiger partial charge >= 0.3 is 0 Å². The lowest BCUT2D eigenvalue weighted by Crippen LogP contribution is -2.38. The zero-order valence-corrected chi connectivity index (χ0v) is 12.2. The van der Waals surface area contributed by atoms with Crippen LogP contribution in [0.1, 0.15) is 27.9 Å². The molecule has 0 saturated carbocycles. The summed E-state index contributed by atoms with van der Waals surface area (Å²) in [6, 6.07) is 13.9. The van der Waals surface area contributed by atoms with E-state index in [1.165, 1.54) is 11.1 Å². The molecule has 0 spiro atoms. The van der Waals surface area contributed by atoms with Crippen molar-refractivity contribution in [1.29, 1.82) is 0 Å². The molecule has 1 atom stereocenters. The second-order valence-corrected chi connectivity index (χ2v) is 5.75. The number of benzene rings is 2. The molecule has 2 aliphatic rings. The van der Waals surface area contributed by atoms with Crippen LogP contribution in [-0.4, -0.2) is 18.7 Å². The highest BCUT2D eigenvalue weighted by Crippen LogP contribution is 2.32. The summed E-state index contributed by atoms with van der Waals surface area (Å²) in [7, 11) is 0. The minimum absolute atomic E-state index is 0.0531. The molecule has 0 fully saturated rings. The lowest BCUT2D eigenvalue weighted by atomic mass is 9.88. The van der Waals surface area contributed by atoms with E-state index in [9.17, 15) is 4.79 Å². The van der Waals surface area contributed by atoms with Crippen LogP contribution in [0.4, 0.5) is 0 Å². The molecule has 1 heterocycles. The van der Waals surface area contributed by atoms with Crippen molar-refractivity contribution in [1.82, 2.24) is 5.32 Å². The van der Waals surface area contributed by atoms with E-state index in [4.69, 9.17) is 9.47 Å². The maximum Gasteiger partial charge on any atom is 0.251 e. The minimum atomic E-state index is -0.0531. The van der Waals surface area contributed by atoms with E-state index < -0.39 is 0 Å². The van der Waals surface area contributed by atoms with Gasteiger partial charge in [0.05, 0.1) is 0 Å². The molecule has 4 nitrogen and oxygen atoms in total.